The van der Waals surface area contributed by atoms with Crippen LogP contribution in [0.5, 0.6) is 0 Å². The monoisotopic (exact) mass is 249 g/mol. The number of nitrogens with zero attached hydrogens (tertiary/aromatic N) is 3. The molecule has 1 aromatic heterocycles. The average Bonchev–Trinajstić information content (AvgIpc) is 2.78. The van der Waals surface area contributed by atoms with Gasteiger partial charge in [-0.05, 0) is 19.1 Å². The number of aromatic carboxylic acids is 1. The van der Waals surface area contributed by atoms with Crippen molar-refractivity contribution in [2.45, 2.75) is 19.9 Å². The van der Waals surface area contributed by atoms with E-state index in [1.165, 1.54) is 15.5 Å². The minimum atomic E-state index is -1.06. The SMILES string of the molecule is CCN(CCC#N)C(=O)Cn1cccc1C(=O)O. The van der Waals surface area contributed by atoms with E-state index in [4.69, 9.17) is 10.4 Å². The van der Waals surface area contributed by atoms with Crippen molar-refractivity contribution in [1.29, 1.82) is 5.26 Å². The molecule has 0 saturated carbocycles. The van der Waals surface area contributed by atoms with Crippen molar-refractivity contribution in [2.24, 2.45) is 0 Å². The summed E-state index contributed by atoms with van der Waals surface area (Å²) in [5.74, 6) is -1.25. The standard InChI is InChI=1S/C12H15N3O3/c1-2-14(8-4-6-13)11(16)9-15-7-3-5-10(15)12(17)18/h3,5,7H,2,4,8-9H2,1H3,(H,17,18). The molecule has 0 aromatic carbocycles. The Balaban J connectivity index is 2.71. The number of hydrogen-bond acceptors (Lipinski definition) is 3. The summed E-state index contributed by atoms with van der Waals surface area (Å²) < 4.78 is 1.39. The first-order valence-corrected chi connectivity index (χ1v) is 5.63. The van der Waals surface area contributed by atoms with Crippen molar-refractivity contribution in [3.05, 3.63) is 24.0 Å². The van der Waals surface area contributed by atoms with E-state index >= 15 is 0 Å². The van der Waals surface area contributed by atoms with Crippen molar-refractivity contribution in [2.75, 3.05) is 13.1 Å². The van der Waals surface area contributed by atoms with Crippen LogP contribution >= 0.6 is 0 Å². The summed E-state index contributed by atoms with van der Waals surface area (Å²) in [5.41, 5.74) is 0.0830. The third-order valence-corrected chi connectivity index (χ3v) is 2.58. The molecule has 1 heterocycles. The molecular weight excluding hydrogens is 234 g/mol. The van der Waals surface area contributed by atoms with Crippen LogP contribution in [0.15, 0.2) is 18.3 Å². The zero-order valence-corrected chi connectivity index (χ0v) is 10.2. The molecule has 1 N–H and O–H groups in total. The van der Waals surface area contributed by atoms with Crippen molar-refractivity contribution in [1.82, 2.24) is 9.47 Å². The highest BCUT2D eigenvalue weighted by atomic mass is 16.4. The van der Waals surface area contributed by atoms with E-state index in [0.717, 1.165) is 0 Å². The Labute approximate surface area is 105 Å². The summed E-state index contributed by atoms with van der Waals surface area (Å²) >= 11 is 0. The van der Waals surface area contributed by atoms with Gasteiger partial charge in [-0.15, -0.1) is 0 Å². The molecule has 6 heteroatoms. The molecule has 0 fully saturated rings. The lowest BCUT2D eigenvalue weighted by Gasteiger charge is -2.20. The van der Waals surface area contributed by atoms with Crippen LogP contribution in [0, 0.1) is 11.3 Å². The van der Waals surface area contributed by atoms with E-state index in [-0.39, 0.29) is 24.6 Å². The summed E-state index contributed by atoms with van der Waals surface area (Å²) in [6, 6.07) is 5.01. The molecule has 0 aliphatic rings. The molecule has 0 bridgehead atoms. The molecule has 0 spiro atoms. The van der Waals surface area contributed by atoms with Crippen LogP contribution in [0.2, 0.25) is 0 Å². The first kappa shape index (κ1) is 13.8. The molecule has 0 unspecified atom stereocenters. The number of rotatable bonds is 6. The summed E-state index contributed by atoms with van der Waals surface area (Å²) in [6.07, 6.45) is 1.83. The fourth-order valence-corrected chi connectivity index (χ4v) is 1.64. The third-order valence-electron chi connectivity index (χ3n) is 2.58. The van der Waals surface area contributed by atoms with Gasteiger partial charge in [0, 0.05) is 19.3 Å². The molecule has 1 aromatic rings. The molecule has 1 rings (SSSR count). The lowest BCUT2D eigenvalue weighted by molar-refractivity contribution is -0.131. The second kappa shape index (κ2) is 6.45. The van der Waals surface area contributed by atoms with Crippen molar-refractivity contribution >= 4 is 11.9 Å². The van der Waals surface area contributed by atoms with Crippen LogP contribution < -0.4 is 0 Å². The van der Waals surface area contributed by atoms with Crippen LogP contribution in [0.4, 0.5) is 0 Å². The Hall–Kier alpha value is -2.29. The van der Waals surface area contributed by atoms with Gasteiger partial charge in [-0.3, -0.25) is 4.79 Å². The van der Waals surface area contributed by atoms with Gasteiger partial charge in [0.05, 0.1) is 12.5 Å². The number of nitriles is 1. The number of hydrogen-bond donors (Lipinski definition) is 1. The van der Waals surface area contributed by atoms with Gasteiger partial charge < -0.3 is 14.6 Å². The van der Waals surface area contributed by atoms with Crippen molar-refractivity contribution < 1.29 is 14.7 Å². The number of carboxylic acid groups (broad SMARTS) is 1. The fourth-order valence-electron chi connectivity index (χ4n) is 1.64. The van der Waals surface area contributed by atoms with Crippen LogP contribution in [-0.2, 0) is 11.3 Å². The van der Waals surface area contributed by atoms with Gasteiger partial charge in [0.2, 0.25) is 5.91 Å². The summed E-state index contributed by atoms with van der Waals surface area (Å²) in [6.45, 7) is 2.68. The molecule has 0 saturated heterocycles. The zero-order valence-electron chi connectivity index (χ0n) is 10.2. The number of likely N-dealkylation sites (N-methyl/N-ethyl adjacent to an activating group) is 1. The van der Waals surface area contributed by atoms with E-state index in [2.05, 4.69) is 0 Å². The molecule has 0 radical (unpaired) electrons. The second-order valence-electron chi connectivity index (χ2n) is 3.71. The number of carbonyl (C=O) groups is 2. The quantitative estimate of drug-likeness (QED) is 0.813. The maximum atomic E-state index is 11.9. The van der Waals surface area contributed by atoms with Crippen LogP contribution in [0.1, 0.15) is 23.8 Å². The average molecular weight is 249 g/mol. The van der Waals surface area contributed by atoms with E-state index in [0.29, 0.717) is 13.1 Å². The number of carbonyl (C=O) groups excluding carboxylic acids is 1. The van der Waals surface area contributed by atoms with Gasteiger partial charge in [0.15, 0.2) is 0 Å². The van der Waals surface area contributed by atoms with E-state index in [1.807, 2.05) is 13.0 Å². The lowest BCUT2D eigenvalue weighted by atomic mass is 10.3. The van der Waals surface area contributed by atoms with Crippen molar-refractivity contribution in [3.8, 4) is 6.07 Å². The number of aromatic nitrogens is 1. The molecule has 1 amide bonds. The van der Waals surface area contributed by atoms with Gasteiger partial charge in [-0.2, -0.15) is 5.26 Å². The number of carboxylic acids is 1. The first-order chi connectivity index (χ1) is 8.60. The Morgan fingerprint density at radius 2 is 2.28 bits per heavy atom. The van der Waals surface area contributed by atoms with Crippen LogP contribution in [-0.4, -0.2) is 39.5 Å². The first-order valence-electron chi connectivity index (χ1n) is 5.63. The maximum Gasteiger partial charge on any atom is 0.352 e. The Bertz CT molecular complexity index is 473. The lowest BCUT2D eigenvalue weighted by Crippen LogP contribution is -2.34. The molecular formula is C12H15N3O3. The van der Waals surface area contributed by atoms with Gasteiger partial charge in [0.25, 0.3) is 0 Å². The number of amides is 1. The topological polar surface area (TPSA) is 86.3 Å². The molecule has 6 nitrogen and oxygen atoms in total. The third kappa shape index (κ3) is 3.35. The highest BCUT2D eigenvalue weighted by Crippen LogP contribution is 2.04. The van der Waals surface area contributed by atoms with E-state index in [9.17, 15) is 9.59 Å². The fraction of sp³-hybridized carbons (Fsp3) is 0.417. The molecule has 0 aliphatic carbocycles. The van der Waals surface area contributed by atoms with Gasteiger partial charge in [-0.1, -0.05) is 0 Å². The second-order valence-corrected chi connectivity index (χ2v) is 3.71. The van der Waals surface area contributed by atoms with E-state index < -0.39 is 5.97 Å². The van der Waals surface area contributed by atoms with E-state index in [1.54, 1.807) is 12.3 Å². The van der Waals surface area contributed by atoms with Gasteiger partial charge >= 0.3 is 5.97 Å². The summed E-state index contributed by atoms with van der Waals surface area (Å²) in [4.78, 5) is 24.3. The Morgan fingerprint density at radius 3 is 2.83 bits per heavy atom. The highest BCUT2D eigenvalue weighted by molar-refractivity contribution is 5.86. The molecule has 0 atom stereocenters. The predicted octanol–water partition coefficient (Wildman–Crippen LogP) is 0.948. The molecule has 0 aliphatic heterocycles. The predicted molar refractivity (Wildman–Crippen MR) is 63.9 cm³/mol. The van der Waals surface area contributed by atoms with Crippen LogP contribution in [0.3, 0.4) is 0 Å². The highest BCUT2D eigenvalue weighted by Gasteiger charge is 2.15. The normalized spacial score (nSPS) is 9.78. The summed E-state index contributed by atoms with van der Waals surface area (Å²) in [7, 11) is 0. The van der Waals surface area contributed by atoms with Crippen molar-refractivity contribution in [3.63, 3.8) is 0 Å². The largest absolute Gasteiger partial charge is 0.477 e. The smallest absolute Gasteiger partial charge is 0.352 e. The summed E-state index contributed by atoms with van der Waals surface area (Å²) in [5, 5.41) is 17.4. The Morgan fingerprint density at radius 1 is 1.56 bits per heavy atom. The zero-order chi connectivity index (χ0) is 13.5. The minimum absolute atomic E-state index is 0.0199. The van der Waals surface area contributed by atoms with Gasteiger partial charge in [-0.25, -0.2) is 4.79 Å². The van der Waals surface area contributed by atoms with Gasteiger partial charge in [0.1, 0.15) is 12.2 Å². The molecule has 96 valence electrons. The van der Waals surface area contributed by atoms with Crippen LogP contribution in [0.25, 0.3) is 0 Å². The Kier molecular flexibility index (Phi) is 4.93. The molecule has 18 heavy (non-hydrogen) atoms. The minimum Gasteiger partial charge on any atom is -0.477 e. The maximum absolute atomic E-state index is 11.9.